The van der Waals surface area contributed by atoms with Gasteiger partial charge in [0.1, 0.15) is 0 Å². The van der Waals surface area contributed by atoms with E-state index in [4.69, 9.17) is 0 Å². The van der Waals surface area contributed by atoms with Crippen LogP contribution >= 0.6 is 0 Å². The van der Waals surface area contributed by atoms with Gasteiger partial charge in [-0.2, -0.15) is 0 Å². The number of aryl methyl sites for hydroxylation is 1. The Bertz CT molecular complexity index is 517. The van der Waals surface area contributed by atoms with Crippen LogP contribution in [0.3, 0.4) is 0 Å². The van der Waals surface area contributed by atoms with Crippen LogP contribution in [0, 0.1) is 12.3 Å². The molecule has 0 saturated carbocycles. The molecule has 98 valence electrons. The van der Waals surface area contributed by atoms with E-state index in [9.17, 15) is 0 Å². The van der Waals surface area contributed by atoms with E-state index in [-0.39, 0.29) is 0 Å². The van der Waals surface area contributed by atoms with E-state index in [1.54, 1.807) is 0 Å². The Balaban J connectivity index is 1.96. The number of benzene rings is 1. The van der Waals surface area contributed by atoms with E-state index >= 15 is 0 Å². The molecule has 0 aliphatic carbocycles. The quantitative estimate of drug-likeness (QED) is 0.789. The van der Waals surface area contributed by atoms with Crippen LogP contribution in [0.1, 0.15) is 31.9 Å². The summed E-state index contributed by atoms with van der Waals surface area (Å²) < 4.78 is 0. The SMILES string of the molecule is Cc1ccc2c(CCNCC(C)(C)C)c[nH]c2c1. The molecule has 0 saturated heterocycles. The maximum absolute atomic E-state index is 3.53. The molecule has 2 aromatic rings. The predicted octanol–water partition coefficient (Wildman–Crippen LogP) is 3.65. The molecule has 1 aromatic heterocycles. The summed E-state index contributed by atoms with van der Waals surface area (Å²) in [5, 5.41) is 4.89. The van der Waals surface area contributed by atoms with Crippen LogP contribution in [0.2, 0.25) is 0 Å². The molecule has 2 nitrogen and oxygen atoms in total. The fourth-order valence-corrected chi connectivity index (χ4v) is 2.19. The number of aromatic nitrogens is 1. The number of nitrogens with one attached hydrogen (secondary N) is 2. The Kier molecular flexibility index (Phi) is 3.76. The second-order valence-electron chi connectivity index (χ2n) is 6.35. The number of rotatable bonds is 4. The molecule has 0 fully saturated rings. The lowest BCUT2D eigenvalue weighted by molar-refractivity contribution is 0.382. The van der Waals surface area contributed by atoms with Crippen LogP contribution in [0.5, 0.6) is 0 Å². The van der Waals surface area contributed by atoms with Gasteiger partial charge in [0.15, 0.2) is 0 Å². The lowest BCUT2D eigenvalue weighted by atomic mass is 9.97. The maximum atomic E-state index is 3.53. The van der Waals surface area contributed by atoms with Crippen LogP contribution in [0.15, 0.2) is 24.4 Å². The van der Waals surface area contributed by atoms with Crippen molar-refractivity contribution in [3.63, 3.8) is 0 Å². The van der Waals surface area contributed by atoms with Gasteiger partial charge in [-0.3, -0.25) is 0 Å². The number of fused-ring (bicyclic) bond motifs is 1. The molecule has 2 N–H and O–H groups in total. The first-order valence-corrected chi connectivity index (χ1v) is 6.73. The van der Waals surface area contributed by atoms with Crippen LogP contribution in [-0.4, -0.2) is 18.1 Å². The second-order valence-corrected chi connectivity index (χ2v) is 6.35. The Hall–Kier alpha value is -1.28. The Morgan fingerprint density at radius 3 is 2.72 bits per heavy atom. The Morgan fingerprint density at radius 1 is 1.22 bits per heavy atom. The average molecular weight is 244 g/mol. The van der Waals surface area contributed by atoms with Gasteiger partial charge < -0.3 is 10.3 Å². The fourth-order valence-electron chi connectivity index (χ4n) is 2.19. The standard InChI is InChI=1S/C16H24N2/c1-12-5-6-14-13(10-18-15(14)9-12)7-8-17-11-16(2,3)4/h5-6,9-10,17-18H,7-8,11H2,1-4H3. The highest BCUT2D eigenvalue weighted by Gasteiger charge is 2.09. The molecule has 0 bridgehead atoms. The zero-order valence-corrected chi connectivity index (χ0v) is 11.9. The minimum Gasteiger partial charge on any atom is -0.361 e. The Morgan fingerprint density at radius 2 is 2.00 bits per heavy atom. The normalized spacial score (nSPS) is 12.2. The zero-order valence-electron chi connectivity index (χ0n) is 11.9. The molecule has 0 aliphatic heterocycles. The molecule has 0 atom stereocenters. The Labute approximate surface area is 110 Å². The summed E-state index contributed by atoms with van der Waals surface area (Å²) in [7, 11) is 0. The van der Waals surface area contributed by atoms with E-state index in [1.807, 2.05) is 0 Å². The van der Waals surface area contributed by atoms with Crippen molar-refractivity contribution >= 4 is 10.9 Å². The highest BCUT2D eigenvalue weighted by atomic mass is 14.9. The van der Waals surface area contributed by atoms with Crippen molar-refractivity contribution in [2.24, 2.45) is 5.41 Å². The number of hydrogen-bond acceptors (Lipinski definition) is 1. The van der Waals surface area contributed by atoms with Crippen LogP contribution < -0.4 is 5.32 Å². The van der Waals surface area contributed by atoms with Crippen molar-refractivity contribution in [2.75, 3.05) is 13.1 Å². The summed E-state index contributed by atoms with van der Waals surface area (Å²) >= 11 is 0. The van der Waals surface area contributed by atoms with Crippen molar-refractivity contribution in [1.82, 2.24) is 10.3 Å². The van der Waals surface area contributed by atoms with E-state index in [1.165, 1.54) is 22.0 Å². The van der Waals surface area contributed by atoms with Crippen molar-refractivity contribution in [2.45, 2.75) is 34.1 Å². The summed E-state index contributed by atoms with van der Waals surface area (Å²) in [5.41, 5.74) is 4.33. The van der Waals surface area contributed by atoms with Gasteiger partial charge in [-0.05, 0) is 42.5 Å². The van der Waals surface area contributed by atoms with Gasteiger partial charge in [-0.15, -0.1) is 0 Å². The molecule has 2 heteroatoms. The van der Waals surface area contributed by atoms with E-state index in [2.05, 4.69) is 62.4 Å². The van der Waals surface area contributed by atoms with Gasteiger partial charge in [0.25, 0.3) is 0 Å². The first-order valence-electron chi connectivity index (χ1n) is 6.73. The molecule has 1 aromatic carbocycles. The summed E-state index contributed by atoms with van der Waals surface area (Å²) in [5.74, 6) is 0. The van der Waals surface area contributed by atoms with Gasteiger partial charge >= 0.3 is 0 Å². The largest absolute Gasteiger partial charge is 0.361 e. The smallest absolute Gasteiger partial charge is 0.0459 e. The number of aromatic amines is 1. The molecular weight excluding hydrogens is 220 g/mol. The van der Waals surface area contributed by atoms with Crippen LogP contribution in [0.4, 0.5) is 0 Å². The topological polar surface area (TPSA) is 27.8 Å². The molecule has 18 heavy (non-hydrogen) atoms. The maximum Gasteiger partial charge on any atom is 0.0459 e. The van der Waals surface area contributed by atoms with E-state index in [0.29, 0.717) is 5.41 Å². The van der Waals surface area contributed by atoms with Gasteiger partial charge in [0.2, 0.25) is 0 Å². The van der Waals surface area contributed by atoms with Crippen molar-refractivity contribution in [1.29, 1.82) is 0 Å². The van der Waals surface area contributed by atoms with E-state index in [0.717, 1.165) is 19.5 Å². The molecule has 0 aliphatic rings. The summed E-state index contributed by atoms with van der Waals surface area (Å²) in [6.45, 7) is 11.0. The third kappa shape index (κ3) is 3.36. The number of hydrogen-bond donors (Lipinski definition) is 2. The lowest BCUT2D eigenvalue weighted by Crippen LogP contribution is -2.28. The van der Waals surface area contributed by atoms with Crippen molar-refractivity contribution in [3.05, 3.63) is 35.5 Å². The highest BCUT2D eigenvalue weighted by molar-refractivity contribution is 5.83. The van der Waals surface area contributed by atoms with Crippen LogP contribution in [0.25, 0.3) is 10.9 Å². The molecular formula is C16H24N2. The van der Waals surface area contributed by atoms with Crippen molar-refractivity contribution in [3.8, 4) is 0 Å². The zero-order chi connectivity index (χ0) is 13.2. The monoisotopic (exact) mass is 244 g/mol. The summed E-state index contributed by atoms with van der Waals surface area (Å²) in [6, 6.07) is 6.62. The second kappa shape index (κ2) is 5.15. The van der Waals surface area contributed by atoms with Gasteiger partial charge in [-0.25, -0.2) is 0 Å². The van der Waals surface area contributed by atoms with E-state index < -0.39 is 0 Å². The number of H-pyrrole nitrogens is 1. The molecule has 0 unspecified atom stereocenters. The first kappa shape index (κ1) is 13.2. The third-order valence-electron chi connectivity index (χ3n) is 3.15. The molecule has 0 amide bonds. The lowest BCUT2D eigenvalue weighted by Gasteiger charge is -2.18. The molecule has 2 rings (SSSR count). The minimum absolute atomic E-state index is 0.358. The van der Waals surface area contributed by atoms with Gasteiger partial charge in [-0.1, -0.05) is 32.9 Å². The summed E-state index contributed by atoms with van der Waals surface area (Å²) in [6.07, 6.45) is 3.22. The van der Waals surface area contributed by atoms with Crippen LogP contribution in [-0.2, 0) is 6.42 Å². The summed E-state index contributed by atoms with van der Waals surface area (Å²) in [4.78, 5) is 3.36. The predicted molar refractivity (Wildman–Crippen MR) is 79.1 cm³/mol. The molecule has 0 radical (unpaired) electrons. The fraction of sp³-hybridized carbons (Fsp3) is 0.500. The minimum atomic E-state index is 0.358. The first-order chi connectivity index (χ1) is 8.46. The van der Waals surface area contributed by atoms with Gasteiger partial charge in [0.05, 0.1) is 0 Å². The third-order valence-corrected chi connectivity index (χ3v) is 3.15. The average Bonchev–Trinajstić information content (AvgIpc) is 2.65. The van der Waals surface area contributed by atoms with Gasteiger partial charge in [0, 0.05) is 23.6 Å². The molecule has 1 heterocycles. The highest BCUT2D eigenvalue weighted by Crippen LogP contribution is 2.19. The van der Waals surface area contributed by atoms with Crippen molar-refractivity contribution < 1.29 is 0 Å². The molecule has 0 spiro atoms.